The minimum atomic E-state index is -3.97. The fraction of sp³-hybridized carbons (Fsp3) is 0.353. The average Bonchev–Trinajstić information content (AvgIpc) is 3.44. The van der Waals surface area contributed by atoms with Gasteiger partial charge in [-0.15, -0.1) is 0 Å². The van der Waals surface area contributed by atoms with Crippen LogP contribution in [0.15, 0.2) is 84.1 Å². The molecule has 47 heavy (non-hydrogen) atoms. The molecular formula is C34H38N6O5S2. The van der Waals surface area contributed by atoms with Crippen molar-refractivity contribution in [2.45, 2.75) is 42.7 Å². The average molecular weight is 675 g/mol. The molecule has 246 valence electrons. The van der Waals surface area contributed by atoms with Gasteiger partial charge in [-0.25, -0.2) is 25.8 Å². The first kappa shape index (κ1) is 31.6. The first-order valence-corrected chi connectivity index (χ1v) is 19.1. The van der Waals surface area contributed by atoms with Gasteiger partial charge in [0.15, 0.2) is 5.65 Å². The molecule has 3 aromatic heterocycles. The Morgan fingerprint density at radius 1 is 0.851 bits per heavy atom. The summed E-state index contributed by atoms with van der Waals surface area (Å²) < 4.78 is 60.6. The van der Waals surface area contributed by atoms with Crippen LogP contribution in [0.4, 0.5) is 5.69 Å². The lowest BCUT2D eigenvalue weighted by Crippen LogP contribution is -2.52. The second-order valence-corrected chi connectivity index (χ2v) is 16.1. The molecule has 2 fully saturated rings. The van der Waals surface area contributed by atoms with Gasteiger partial charge in [0, 0.05) is 67.3 Å². The predicted octanol–water partition coefficient (Wildman–Crippen LogP) is 4.80. The zero-order valence-electron chi connectivity index (χ0n) is 26.4. The van der Waals surface area contributed by atoms with E-state index in [1.165, 1.54) is 10.2 Å². The summed E-state index contributed by atoms with van der Waals surface area (Å²) in [6.07, 6.45) is 10.3. The number of sulfonamides is 1. The summed E-state index contributed by atoms with van der Waals surface area (Å²) in [5.41, 5.74) is 3.49. The van der Waals surface area contributed by atoms with Crippen LogP contribution in [0.5, 0.6) is 5.75 Å². The van der Waals surface area contributed by atoms with Crippen LogP contribution in [0.2, 0.25) is 0 Å². The molecule has 0 spiro atoms. The smallest absolute Gasteiger partial charge is 0.269 e. The summed E-state index contributed by atoms with van der Waals surface area (Å²) in [7, 11) is -5.53. The van der Waals surface area contributed by atoms with Gasteiger partial charge in [-0.2, -0.15) is 4.31 Å². The molecule has 0 unspecified atom stereocenters. The lowest BCUT2D eigenvalue weighted by atomic mass is 9.89. The van der Waals surface area contributed by atoms with Crippen molar-refractivity contribution in [3.8, 4) is 16.9 Å². The topological polar surface area (TPSA) is 127 Å². The molecule has 2 aromatic carbocycles. The van der Waals surface area contributed by atoms with Crippen LogP contribution >= 0.6 is 0 Å². The first-order valence-electron chi connectivity index (χ1n) is 15.8. The summed E-state index contributed by atoms with van der Waals surface area (Å²) in [6.45, 7) is 2.58. The minimum absolute atomic E-state index is 0.190. The number of piperazine rings is 1. The van der Waals surface area contributed by atoms with Gasteiger partial charge in [0.2, 0.25) is 10.0 Å². The fourth-order valence-corrected chi connectivity index (χ4v) is 9.36. The molecule has 11 nitrogen and oxygen atoms in total. The highest BCUT2D eigenvalue weighted by Gasteiger charge is 2.31. The molecule has 0 bridgehead atoms. The quantitative estimate of drug-likeness (QED) is 0.247. The minimum Gasteiger partial charge on any atom is -0.495 e. The number of anilines is 1. The van der Waals surface area contributed by atoms with E-state index in [9.17, 15) is 16.8 Å². The molecule has 1 aliphatic heterocycles. The van der Waals surface area contributed by atoms with Crippen molar-refractivity contribution < 1.29 is 21.6 Å². The SMILES string of the molecule is COc1cncc(-c2ccc3c(c2)c2c(N[C@H]4CC[C@H](N5CCN(S(C)(=O)=O)CC5)CC4)ccnc2n3S(=O)(=O)c2ccccc2)c1. The molecule has 1 N–H and O–H groups in total. The van der Waals surface area contributed by atoms with Crippen LogP contribution in [-0.4, -0.2) is 91.6 Å². The number of ether oxygens (including phenoxy) is 1. The Bertz CT molecular complexity index is 2140. The number of pyridine rings is 2. The zero-order valence-corrected chi connectivity index (χ0v) is 28.0. The second-order valence-electron chi connectivity index (χ2n) is 12.3. The lowest BCUT2D eigenvalue weighted by molar-refractivity contribution is 0.109. The number of hydrogen-bond donors (Lipinski definition) is 1. The lowest BCUT2D eigenvalue weighted by Gasteiger charge is -2.41. The summed E-state index contributed by atoms with van der Waals surface area (Å²) in [6, 6.07) is 18.6. The number of hydrogen-bond acceptors (Lipinski definition) is 9. The van der Waals surface area contributed by atoms with Crippen LogP contribution in [0, 0.1) is 0 Å². The highest BCUT2D eigenvalue weighted by atomic mass is 32.2. The van der Waals surface area contributed by atoms with Crippen LogP contribution in [0.1, 0.15) is 25.7 Å². The highest BCUT2D eigenvalue weighted by Crippen LogP contribution is 2.39. The number of fused-ring (bicyclic) bond motifs is 3. The van der Waals surface area contributed by atoms with E-state index in [0.29, 0.717) is 36.0 Å². The van der Waals surface area contributed by atoms with E-state index in [4.69, 9.17) is 4.74 Å². The number of methoxy groups -OCH3 is 1. The van der Waals surface area contributed by atoms with Gasteiger partial charge in [-0.3, -0.25) is 9.88 Å². The number of aromatic nitrogens is 3. The van der Waals surface area contributed by atoms with Crippen LogP contribution in [0.3, 0.4) is 0 Å². The summed E-state index contributed by atoms with van der Waals surface area (Å²) in [5.74, 6) is 0.633. The van der Waals surface area contributed by atoms with Crippen molar-refractivity contribution in [2.24, 2.45) is 0 Å². The van der Waals surface area contributed by atoms with Crippen molar-refractivity contribution in [1.82, 2.24) is 23.1 Å². The third-order valence-corrected chi connectivity index (χ3v) is 12.5. The van der Waals surface area contributed by atoms with Gasteiger partial charge < -0.3 is 10.1 Å². The van der Waals surface area contributed by atoms with Gasteiger partial charge in [0.05, 0.1) is 35.4 Å². The Morgan fingerprint density at radius 3 is 2.30 bits per heavy atom. The molecule has 0 atom stereocenters. The summed E-state index contributed by atoms with van der Waals surface area (Å²) in [4.78, 5) is 11.6. The third-order valence-electron chi connectivity index (χ3n) is 9.49. The van der Waals surface area contributed by atoms with Crippen LogP contribution < -0.4 is 10.1 Å². The van der Waals surface area contributed by atoms with Crippen LogP contribution in [-0.2, 0) is 20.0 Å². The van der Waals surface area contributed by atoms with E-state index in [1.54, 1.807) is 60.3 Å². The standard InChI is InChI=1S/C34H38N6O5S2/c1-45-28-20-25(22-35-23-28)24-8-13-32-30(21-24)33-31(14-15-36-34(33)40(32)47(43,44)29-6-4-3-5-7-29)37-26-9-11-27(12-10-26)38-16-18-39(19-17-38)46(2,41)42/h3-8,13-15,20-23,26-27H,9-12,16-19H2,1-2H3,(H,36,37)/t26-,27-. The first-order chi connectivity index (χ1) is 22.6. The molecule has 2 aliphatic rings. The third kappa shape index (κ3) is 6.08. The maximum Gasteiger partial charge on any atom is 0.269 e. The highest BCUT2D eigenvalue weighted by molar-refractivity contribution is 7.90. The molecular weight excluding hydrogens is 637 g/mol. The van der Waals surface area contributed by atoms with Crippen molar-refractivity contribution in [3.63, 3.8) is 0 Å². The number of benzene rings is 2. The molecule has 0 amide bonds. The van der Waals surface area contributed by atoms with E-state index < -0.39 is 20.0 Å². The van der Waals surface area contributed by atoms with E-state index in [1.807, 2.05) is 30.3 Å². The Labute approximate surface area is 275 Å². The Balaban J connectivity index is 1.23. The van der Waals surface area contributed by atoms with Crippen molar-refractivity contribution in [3.05, 3.63) is 79.3 Å². The maximum absolute atomic E-state index is 14.2. The summed E-state index contributed by atoms with van der Waals surface area (Å²) in [5, 5.41) is 5.28. The summed E-state index contributed by atoms with van der Waals surface area (Å²) >= 11 is 0. The molecule has 4 heterocycles. The Kier molecular flexibility index (Phi) is 8.41. The monoisotopic (exact) mass is 674 g/mol. The molecule has 7 rings (SSSR count). The van der Waals surface area contributed by atoms with Gasteiger partial charge in [-0.1, -0.05) is 24.3 Å². The Hall–Kier alpha value is -4.04. The molecule has 0 radical (unpaired) electrons. The normalized spacial score (nSPS) is 20.0. The second kappa shape index (κ2) is 12.5. The number of rotatable bonds is 8. The maximum atomic E-state index is 14.2. The Morgan fingerprint density at radius 2 is 1.60 bits per heavy atom. The van der Waals surface area contributed by atoms with Gasteiger partial charge >= 0.3 is 0 Å². The van der Waals surface area contributed by atoms with E-state index in [0.717, 1.165) is 66.4 Å². The van der Waals surface area contributed by atoms with Crippen molar-refractivity contribution in [1.29, 1.82) is 0 Å². The molecule has 1 aliphatic carbocycles. The van der Waals surface area contributed by atoms with E-state index in [2.05, 4.69) is 20.2 Å². The van der Waals surface area contributed by atoms with Gasteiger partial charge in [-0.05, 0) is 67.6 Å². The molecule has 1 saturated carbocycles. The molecule has 1 saturated heterocycles. The van der Waals surface area contributed by atoms with Gasteiger partial charge in [0.1, 0.15) is 5.75 Å². The number of nitrogens with one attached hydrogen (secondary N) is 1. The van der Waals surface area contributed by atoms with Crippen LogP contribution in [0.25, 0.3) is 33.1 Å². The van der Waals surface area contributed by atoms with Gasteiger partial charge in [0.25, 0.3) is 10.0 Å². The largest absolute Gasteiger partial charge is 0.495 e. The number of nitrogens with zero attached hydrogens (tertiary/aromatic N) is 5. The van der Waals surface area contributed by atoms with Crippen molar-refractivity contribution in [2.75, 3.05) is 44.9 Å². The molecule has 5 aromatic rings. The van der Waals surface area contributed by atoms with E-state index >= 15 is 0 Å². The fourth-order valence-electron chi connectivity index (χ4n) is 7.03. The van der Waals surface area contributed by atoms with Crippen molar-refractivity contribution >= 4 is 47.7 Å². The zero-order chi connectivity index (χ0) is 32.8. The molecule has 13 heteroatoms. The predicted molar refractivity (Wildman–Crippen MR) is 184 cm³/mol. The van der Waals surface area contributed by atoms with E-state index in [-0.39, 0.29) is 10.9 Å².